The van der Waals surface area contributed by atoms with E-state index in [0.29, 0.717) is 35.7 Å². The van der Waals surface area contributed by atoms with Crippen LogP contribution in [0.25, 0.3) is 0 Å². The molecule has 0 unspecified atom stereocenters. The Bertz CT molecular complexity index is 1210. The van der Waals surface area contributed by atoms with Gasteiger partial charge in [0.05, 0.1) is 28.2 Å². The number of hydrogen-bond acceptors (Lipinski definition) is 3. The minimum Gasteiger partial charge on any atom is -0.331 e. The first-order chi connectivity index (χ1) is 16.5. The molecule has 174 valence electrons. The summed E-state index contributed by atoms with van der Waals surface area (Å²) in [6.45, 7) is 0.552. The van der Waals surface area contributed by atoms with Gasteiger partial charge in [-0.15, -0.1) is 0 Å². The maximum absolute atomic E-state index is 13.8. The number of likely N-dealkylation sites (tertiary alicyclic amines) is 1. The second-order valence-corrected chi connectivity index (χ2v) is 9.50. The summed E-state index contributed by atoms with van der Waals surface area (Å²) in [5.74, 6) is 5.62. The van der Waals surface area contributed by atoms with Crippen LogP contribution in [0.15, 0.2) is 72.8 Å². The molecule has 2 amide bonds. The number of carbonyl (C=O) groups excluding carboxylic acids is 2. The molecule has 1 aliphatic heterocycles. The lowest BCUT2D eigenvalue weighted by molar-refractivity contribution is -0.125. The number of hydrogen-bond donors (Lipinski definition) is 1. The van der Waals surface area contributed by atoms with Gasteiger partial charge < -0.3 is 4.90 Å². The molecule has 0 bridgehead atoms. The number of piperidine rings is 1. The van der Waals surface area contributed by atoms with Gasteiger partial charge in [0.1, 0.15) is 0 Å². The normalized spacial score (nSPS) is 19.5. The van der Waals surface area contributed by atoms with Crippen molar-refractivity contribution in [2.45, 2.75) is 38.1 Å². The third kappa shape index (κ3) is 4.22. The highest BCUT2D eigenvalue weighted by atomic mass is 35.5. The van der Waals surface area contributed by atoms with Crippen molar-refractivity contribution in [2.24, 2.45) is 11.8 Å². The molecule has 2 atom stereocenters. The molecule has 2 aliphatic rings. The number of nitrogens with zero attached hydrogens (tertiary/aromatic N) is 2. The van der Waals surface area contributed by atoms with Crippen LogP contribution in [-0.2, 0) is 17.6 Å². The van der Waals surface area contributed by atoms with Crippen molar-refractivity contribution in [1.29, 1.82) is 0 Å². The average Bonchev–Trinajstić information content (AvgIpc) is 3.36. The predicted octanol–water partition coefficient (Wildman–Crippen LogP) is 5.33. The SMILES string of the molecule is NN(C(=O)[C@H]1CCCN(C(=O)c2ccccc2Cl)[C@H]1c1ccccc1)c1ccc2c(c1)CCC2. The Morgan fingerprint density at radius 1 is 0.912 bits per heavy atom. The second-order valence-electron chi connectivity index (χ2n) is 9.10. The van der Waals surface area contributed by atoms with Crippen molar-refractivity contribution in [3.63, 3.8) is 0 Å². The van der Waals surface area contributed by atoms with Crippen molar-refractivity contribution >= 4 is 29.1 Å². The molecular weight excluding hydrogens is 446 g/mol. The highest BCUT2D eigenvalue weighted by molar-refractivity contribution is 6.33. The third-order valence-corrected chi connectivity index (χ3v) is 7.38. The van der Waals surface area contributed by atoms with Crippen molar-refractivity contribution in [3.8, 4) is 0 Å². The number of rotatable bonds is 4. The van der Waals surface area contributed by atoms with Gasteiger partial charge in [0.25, 0.3) is 5.91 Å². The van der Waals surface area contributed by atoms with Crippen LogP contribution >= 0.6 is 11.6 Å². The van der Waals surface area contributed by atoms with Gasteiger partial charge >= 0.3 is 0 Å². The van der Waals surface area contributed by atoms with E-state index >= 15 is 0 Å². The van der Waals surface area contributed by atoms with Gasteiger partial charge in [-0.25, -0.2) is 10.9 Å². The second kappa shape index (κ2) is 9.61. The van der Waals surface area contributed by atoms with E-state index in [1.807, 2.05) is 42.5 Å². The average molecular weight is 474 g/mol. The van der Waals surface area contributed by atoms with Gasteiger partial charge in [-0.1, -0.05) is 60.1 Å². The first kappa shape index (κ1) is 22.6. The molecule has 1 fully saturated rings. The lowest BCUT2D eigenvalue weighted by Crippen LogP contribution is -2.51. The van der Waals surface area contributed by atoms with Crippen LogP contribution in [0, 0.1) is 5.92 Å². The van der Waals surface area contributed by atoms with E-state index in [-0.39, 0.29) is 11.8 Å². The maximum atomic E-state index is 13.8. The van der Waals surface area contributed by atoms with Gasteiger partial charge in [-0.05, 0) is 73.1 Å². The van der Waals surface area contributed by atoms with E-state index in [9.17, 15) is 9.59 Å². The van der Waals surface area contributed by atoms with E-state index in [0.717, 1.165) is 24.8 Å². The lowest BCUT2D eigenvalue weighted by atomic mass is 9.83. The van der Waals surface area contributed by atoms with E-state index in [4.69, 9.17) is 17.4 Å². The molecule has 0 aromatic heterocycles. The smallest absolute Gasteiger partial charge is 0.255 e. The maximum Gasteiger partial charge on any atom is 0.255 e. The molecule has 1 saturated heterocycles. The number of benzene rings is 3. The summed E-state index contributed by atoms with van der Waals surface area (Å²) in [7, 11) is 0. The predicted molar refractivity (Wildman–Crippen MR) is 135 cm³/mol. The molecule has 1 heterocycles. The zero-order valence-electron chi connectivity index (χ0n) is 19.0. The topological polar surface area (TPSA) is 66.6 Å². The van der Waals surface area contributed by atoms with Crippen molar-refractivity contribution in [2.75, 3.05) is 11.6 Å². The Labute approximate surface area is 205 Å². The van der Waals surface area contributed by atoms with Gasteiger partial charge in [0, 0.05) is 6.54 Å². The van der Waals surface area contributed by atoms with E-state index in [2.05, 4.69) is 6.07 Å². The number of hydrazine groups is 1. The van der Waals surface area contributed by atoms with Gasteiger partial charge in [0.15, 0.2) is 0 Å². The van der Waals surface area contributed by atoms with Gasteiger partial charge in [0.2, 0.25) is 5.91 Å². The van der Waals surface area contributed by atoms with E-state index < -0.39 is 12.0 Å². The van der Waals surface area contributed by atoms with Crippen LogP contribution in [0.3, 0.4) is 0 Å². The molecule has 1 aliphatic carbocycles. The number of fused-ring (bicyclic) bond motifs is 1. The summed E-state index contributed by atoms with van der Waals surface area (Å²) in [6.07, 6.45) is 4.60. The quantitative estimate of drug-likeness (QED) is 0.316. The van der Waals surface area contributed by atoms with E-state index in [1.54, 1.807) is 29.2 Å². The Morgan fingerprint density at radius 2 is 1.65 bits per heavy atom. The van der Waals surface area contributed by atoms with Crippen LogP contribution in [-0.4, -0.2) is 23.3 Å². The number of anilines is 1. The Hall–Kier alpha value is -3.15. The Morgan fingerprint density at radius 3 is 2.44 bits per heavy atom. The Balaban J connectivity index is 1.49. The highest BCUT2D eigenvalue weighted by Crippen LogP contribution is 2.39. The molecule has 2 N–H and O–H groups in total. The fourth-order valence-corrected chi connectivity index (χ4v) is 5.56. The van der Waals surface area contributed by atoms with Crippen molar-refractivity contribution < 1.29 is 9.59 Å². The molecule has 5 nitrogen and oxygen atoms in total. The summed E-state index contributed by atoms with van der Waals surface area (Å²) < 4.78 is 0. The third-order valence-electron chi connectivity index (χ3n) is 7.05. The van der Waals surface area contributed by atoms with Crippen LogP contribution in [0.1, 0.15) is 52.4 Å². The van der Waals surface area contributed by atoms with Crippen molar-refractivity contribution in [3.05, 3.63) is 100 Å². The number of halogens is 1. The number of nitrogens with two attached hydrogens (primary N) is 1. The summed E-state index contributed by atoms with van der Waals surface area (Å²) >= 11 is 6.37. The summed E-state index contributed by atoms with van der Waals surface area (Å²) in [5, 5.41) is 1.69. The fraction of sp³-hybridized carbons (Fsp3) is 0.286. The minimum absolute atomic E-state index is 0.168. The standard InChI is InChI=1S/C28H28ClN3O2/c29-25-14-5-4-12-23(25)27(33)31-17-7-13-24(26(31)20-8-2-1-3-9-20)28(34)32(30)22-16-15-19-10-6-11-21(19)18-22/h1-5,8-9,12,14-16,18,24,26H,6-7,10-11,13,17,30H2/t24-,26-/m0/s1. The molecule has 0 saturated carbocycles. The molecule has 0 spiro atoms. The number of carbonyl (C=O) groups is 2. The summed E-state index contributed by atoms with van der Waals surface area (Å²) in [6, 6.07) is 22.4. The van der Waals surface area contributed by atoms with Gasteiger partial charge in [-0.3, -0.25) is 9.59 Å². The number of aryl methyl sites for hydroxylation is 2. The van der Waals surface area contributed by atoms with Crippen LogP contribution < -0.4 is 10.9 Å². The van der Waals surface area contributed by atoms with Crippen LogP contribution in [0.5, 0.6) is 0 Å². The molecule has 5 rings (SSSR count). The summed E-state index contributed by atoms with van der Waals surface area (Å²) in [4.78, 5) is 29.2. The minimum atomic E-state index is -0.458. The highest BCUT2D eigenvalue weighted by Gasteiger charge is 2.41. The van der Waals surface area contributed by atoms with Crippen LogP contribution in [0.2, 0.25) is 5.02 Å². The molecule has 6 heteroatoms. The largest absolute Gasteiger partial charge is 0.331 e. The Kier molecular flexibility index (Phi) is 6.40. The molecular formula is C28H28ClN3O2. The van der Waals surface area contributed by atoms with E-state index in [1.165, 1.54) is 16.1 Å². The zero-order chi connectivity index (χ0) is 23.7. The molecule has 3 aromatic carbocycles. The lowest BCUT2D eigenvalue weighted by Gasteiger charge is -2.42. The summed E-state index contributed by atoms with van der Waals surface area (Å²) in [5.41, 5.74) is 4.66. The first-order valence-corrected chi connectivity index (χ1v) is 12.2. The molecule has 0 radical (unpaired) electrons. The fourth-order valence-electron chi connectivity index (χ4n) is 5.35. The van der Waals surface area contributed by atoms with Gasteiger partial charge in [-0.2, -0.15) is 0 Å². The van der Waals surface area contributed by atoms with Crippen molar-refractivity contribution in [1.82, 2.24) is 4.90 Å². The monoisotopic (exact) mass is 473 g/mol. The molecule has 3 aromatic rings. The zero-order valence-corrected chi connectivity index (χ0v) is 19.7. The van der Waals surface area contributed by atoms with Crippen LogP contribution in [0.4, 0.5) is 5.69 Å². The molecule has 34 heavy (non-hydrogen) atoms. The number of amides is 2. The first-order valence-electron chi connectivity index (χ1n) is 11.9.